The molecule has 10 heavy (non-hydrogen) atoms. The van der Waals surface area contributed by atoms with Crippen molar-refractivity contribution in [3.8, 4) is 0 Å². The second kappa shape index (κ2) is 6.66. The summed E-state index contributed by atoms with van der Waals surface area (Å²) in [7, 11) is 0. The third kappa shape index (κ3) is 5.67. The highest BCUT2D eigenvalue weighted by Crippen LogP contribution is 1.94. The van der Waals surface area contributed by atoms with Crippen molar-refractivity contribution < 1.29 is 0 Å². The lowest BCUT2D eigenvalue weighted by Gasteiger charge is -1.99. The molecule has 0 amide bonds. The first kappa shape index (κ1) is 9.54. The number of allylic oxidation sites excluding steroid dienone is 1. The van der Waals surface area contributed by atoms with Gasteiger partial charge in [-0.1, -0.05) is 25.8 Å². The molecule has 0 spiro atoms. The molecule has 0 bridgehead atoms. The predicted molar refractivity (Wildman–Crippen MR) is 47.0 cm³/mol. The number of hydrogen-bond acceptors (Lipinski definition) is 1. The predicted octanol–water partition coefficient (Wildman–Crippen LogP) is 2.69. The van der Waals surface area contributed by atoms with E-state index in [-0.39, 0.29) is 0 Å². The highest BCUT2D eigenvalue weighted by molar-refractivity contribution is 4.94. The van der Waals surface area contributed by atoms with Crippen LogP contribution in [-0.2, 0) is 0 Å². The van der Waals surface area contributed by atoms with Gasteiger partial charge in [0.2, 0.25) is 0 Å². The van der Waals surface area contributed by atoms with E-state index in [0.717, 1.165) is 13.0 Å². The second-order valence-electron chi connectivity index (χ2n) is 2.65. The third-order valence-corrected chi connectivity index (χ3v) is 1.58. The molecule has 60 valence electrons. The minimum absolute atomic E-state index is 1.12. The quantitative estimate of drug-likeness (QED) is 0.580. The van der Waals surface area contributed by atoms with E-state index in [2.05, 4.69) is 32.3 Å². The molecule has 1 nitrogen and oxygen atoms in total. The number of hydrogen-bond donors (Lipinski definition) is 1. The van der Waals surface area contributed by atoms with Crippen molar-refractivity contribution >= 4 is 0 Å². The van der Waals surface area contributed by atoms with Gasteiger partial charge >= 0.3 is 0 Å². The highest BCUT2D eigenvalue weighted by Gasteiger charge is 1.82. The van der Waals surface area contributed by atoms with Gasteiger partial charge in [0.05, 0.1) is 0 Å². The Labute approximate surface area is 64.5 Å². The van der Waals surface area contributed by atoms with Crippen LogP contribution in [0.3, 0.4) is 0 Å². The molecule has 1 heteroatoms. The van der Waals surface area contributed by atoms with Crippen molar-refractivity contribution in [1.29, 1.82) is 0 Å². The van der Waals surface area contributed by atoms with E-state index in [0.29, 0.717) is 0 Å². The first-order valence-corrected chi connectivity index (χ1v) is 4.20. The Morgan fingerprint density at radius 1 is 1.40 bits per heavy atom. The SMILES string of the molecule is CCCCN/C=C(\C)CC. The van der Waals surface area contributed by atoms with E-state index in [1.54, 1.807) is 0 Å². The molecule has 0 atom stereocenters. The lowest BCUT2D eigenvalue weighted by atomic mass is 10.2. The van der Waals surface area contributed by atoms with Crippen molar-refractivity contribution in [3.05, 3.63) is 11.8 Å². The minimum Gasteiger partial charge on any atom is -0.391 e. The van der Waals surface area contributed by atoms with Gasteiger partial charge in [-0.3, -0.25) is 0 Å². The summed E-state index contributed by atoms with van der Waals surface area (Å²) in [5.41, 5.74) is 1.43. The molecule has 0 aliphatic heterocycles. The van der Waals surface area contributed by atoms with Crippen molar-refractivity contribution in [2.45, 2.75) is 40.0 Å². The fourth-order valence-electron chi connectivity index (χ4n) is 0.627. The third-order valence-electron chi connectivity index (χ3n) is 1.58. The maximum Gasteiger partial charge on any atom is 0.0141 e. The van der Waals surface area contributed by atoms with Gasteiger partial charge in [0, 0.05) is 6.54 Å². The molecule has 0 rings (SSSR count). The molecule has 0 saturated heterocycles. The Morgan fingerprint density at radius 2 is 2.10 bits per heavy atom. The van der Waals surface area contributed by atoms with E-state index in [1.165, 1.54) is 18.4 Å². The van der Waals surface area contributed by atoms with Crippen LogP contribution in [0.1, 0.15) is 40.0 Å². The molecule has 0 unspecified atom stereocenters. The van der Waals surface area contributed by atoms with Crippen LogP contribution in [0.5, 0.6) is 0 Å². The molecule has 0 aliphatic rings. The lowest BCUT2D eigenvalue weighted by Crippen LogP contribution is -2.06. The second-order valence-corrected chi connectivity index (χ2v) is 2.65. The number of unbranched alkanes of at least 4 members (excludes halogenated alkanes) is 1. The molecule has 0 heterocycles. The van der Waals surface area contributed by atoms with E-state index in [9.17, 15) is 0 Å². The Hall–Kier alpha value is -0.460. The molecule has 0 fully saturated rings. The Morgan fingerprint density at radius 3 is 2.60 bits per heavy atom. The molecule has 0 aromatic heterocycles. The molecule has 0 aromatic carbocycles. The largest absolute Gasteiger partial charge is 0.391 e. The maximum absolute atomic E-state index is 3.27. The topological polar surface area (TPSA) is 12.0 Å². The fraction of sp³-hybridized carbons (Fsp3) is 0.778. The van der Waals surface area contributed by atoms with Gasteiger partial charge in [-0.15, -0.1) is 0 Å². The standard InChI is InChI=1S/C9H19N/c1-4-6-7-10-8-9(3)5-2/h8,10H,4-7H2,1-3H3/b9-8+. The van der Waals surface area contributed by atoms with Gasteiger partial charge in [0.15, 0.2) is 0 Å². The summed E-state index contributed by atoms with van der Waals surface area (Å²) in [6.07, 6.45) is 5.81. The zero-order valence-electron chi connectivity index (χ0n) is 7.41. The number of nitrogens with one attached hydrogen (secondary N) is 1. The first-order valence-electron chi connectivity index (χ1n) is 4.20. The van der Waals surface area contributed by atoms with Crippen LogP contribution < -0.4 is 5.32 Å². The van der Waals surface area contributed by atoms with Gasteiger partial charge in [-0.25, -0.2) is 0 Å². The van der Waals surface area contributed by atoms with Crippen LogP contribution in [0.15, 0.2) is 11.8 Å². The molecular weight excluding hydrogens is 122 g/mol. The molecule has 0 radical (unpaired) electrons. The van der Waals surface area contributed by atoms with Gasteiger partial charge in [0.1, 0.15) is 0 Å². The van der Waals surface area contributed by atoms with Gasteiger partial charge in [0.25, 0.3) is 0 Å². The van der Waals surface area contributed by atoms with Gasteiger partial charge in [-0.2, -0.15) is 0 Å². The normalized spacial score (nSPS) is 11.7. The average Bonchev–Trinajstić information content (AvgIpc) is 1.98. The summed E-state index contributed by atoms with van der Waals surface area (Å²) in [6.45, 7) is 7.65. The Bertz CT molecular complexity index is 94.9. The average molecular weight is 141 g/mol. The Balaban J connectivity index is 3.16. The lowest BCUT2D eigenvalue weighted by molar-refractivity contribution is 0.730. The van der Waals surface area contributed by atoms with Crippen LogP contribution in [0, 0.1) is 0 Å². The molecule has 0 aliphatic carbocycles. The zero-order chi connectivity index (χ0) is 7.82. The number of rotatable bonds is 5. The zero-order valence-corrected chi connectivity index (χ0v) is 7.41. The summed E-state index contributed by atoms with van der Waals surface area (Å²) in [4.78, 5) is 0. The van der Waals surface area contributed by atoms with E-state index in [1.807, 2.05) is 0 Å². The summed E-state index contributed by atoms with van der Waals surface area (Å²) in [5.74, 6) is 0. The van der Waals surface area contributed by atoms with Crippen molar-refractivity contribution in [1.82, 2.24) is 5.32 Å². The summed E-state index contributed by atoms with van der Waals surface area (Å²) >= 11 is 0. The van der Waals surface area contributed by atoms with Gasteiger partial charge in [-0.05, 0) is 26.0 Å². The maximum atomic E-state index is 3.27. The van der Waals surface area contributed by atoms with Crippen LogP contribution >= 0.6 is 0 Å². The molecule has 0 aromatic rings. The van der Waals surface area contributed by atoms with E-state index < -0.39 is 0 Å². The summed E-state index contributed by atoms with van der Waals surface area (Å²) in [5, 5.41) is 3.27. The van der Waals surface area contributed by atoms with Crippen LogP contribution in [-0.4, -0.2) is 6.54 Å². The van der Waals surface area contributed by atoms with Crippen molar-refractivity contribution in [2.24, 2.45) is 0 Å². The monoisotopic (exact) mass is 141 g/mol. The Kier molecular flexibility index (Phi) is 6.35. The van der Waals surface area contributed by atoms with Crippen LogP contribution in [0.2, 0.25) is 0 Å². The molecular formula is C9H19N. The molecule has 0 saturated carbocycles. The minimum atomic E-state index is 1.12. The van der Waals surface area contributed by atoms with Crippen LogP contribution in [0.25, 0.3) is 0 Å². The van der Waals surface area contributed by atoms with Crippen LogP contribution in [0.4, 0.5) is 0 Å². The molecule has 1 N–H and O–H groups in total. The smallest absolute Gasteiger partial charge is 0.0141 e. The summed E-state index contributed by atoms with van der Waals surface area (Å²) < 4.78 is 0. The van der Waals surface area contributed by atoms with E-state index in [4.69, 9.17) is 0 Å². The van der Waals surface area contributed by atoms with Crippen molar-refractivity contribution in [2.75, 3.05) is 6.54 Å². The summed E-state index contributed by atoms with van der Waals surface area (Å²) in [6, 6.07) is 0. The van der Waals surface area contributed by atoms with Gasteiger partial charge < -0.3 is 5.32 Å². The van der Waals surface area contributed by atoms with Crippen molar-refractivity contribution in [3.63, 3.8) is 0 Å². The van der Waals surface area contributed by atoms with E-state index >= 15 is 0 Å². The fourth-order valence-corrected chi connectivity index (χ4v) is 0.627. The first-order chi connectivity index (χ1) is 4.81. The highest BCUT2D eigenvalue weighted by atomic mass is 14.8.